The molecular weight excluding hydrogens is 362 g/mol. The van der Waals surface area contributed by atoms with Crippen LogP contribution >= 0.6 is 0 Å². The molecule has 1 aromatic carbocycles. The zero-order valence-electron chi connectivity index (χ0n) is 13.9. The van der Waals surface area contributed by atoms with Crippen LogP contribution in [-0.4, -0.2) is 38.0 Å². The summed E-state index contributed by atoms with van der Waals surface area (Å²) in [6, 6.07) is 1.46. The number of nitrogens with zero attached hydrogens (tertiary/aromatic N) is 5. The van der Waals surface area contributed by atoms with Crippen molar-refractivity contribution in [3.05, 3.63) is 23.8 Å². The van der Waals surface area contributed by atoms with Gasteiger partial charge in [0.25, 0.3) is 6.71 Å². The van der Waals surface area contributed by atoms with E-state index in [9.17, 15) is 18.3 Å². The van der Waals surface area contributed by atoms with Gasteiger partial charge in [0.1, 0.15) is 0 Å². The number of aromatic nitrogens is 4. The van der Waals surface area contributed by atoms with Gasteiger partial charge in [-0.3, -0.25) is 0 Å². The van der Waals surface area contributed by atoms with Crippen molar-refractivity contribution in [2.24, 2.45) is 0 Å². The highest BCUT2D eigenvalue weighted by Gasteiger charge is 2.29. The summed E-state index contributed by atoms with van der Waals surface area (Å²) in [5.74, 6) is 0.980. The first-order valence-corrected chi connectivity index (χ1v) is 8.39. The largest absolute Gasteiger partial charge is 0.479 e. The number of hydrogen-bond acceptors (Lipinski definition) is 6. The van der Waals surface area contributed by atoms with E-state index in [0.29, 0.717) is 12.1 Å². The molecule has 0 bridgehead atoms. The van der Waals surface area contributed by atoms with Crippen molar-refractivity contribution in [1.29, 1.82) is 5.26 Å². The van der Waals surface area contributed by atoms with E-state index in [4.69, 9.17) is 5.26 Å². The number of alkyl halides is 2. The third kappa shape index (κ3) is 3.11. The van der Waals surface area contributed by atoms with Crippen LogP contribution in [0.1, 0.15) is 24.6 Å². The summed E-state index contributed by atoms with van der Waals surface area (Å²) in [6.45, 7) is -3.27. The Bertz CT molecular complexity index is 1070. The van der Waals surface area contributed by atoms with Gasteiger partial charge in [-0.05, 0) is 18.8 Å². The smallest absolute Gasteiger partial charge is 0.387 e. The Morgan fingerprint density at radius 3 is 2.93 bits per heavy atom. The van der Waals surface area contributed by atoms with Crippen LogP contribution in [-0.2, 0) is 0 Å². The summed E-state index contributed by atoms with van der Waals surface area (Å²) in [6.07, 6.45) is 3.11. The second-order valence-corrected chi connectivity index (χ2v) is 6.49. The molecule has 1 saturated heterocycles. The lowest BCUT2D eigenvalue weighted by molar-refractivity contribution is -0.0520. The number of hydrogen-bond donors (Lipinski definition) is 1. The summed E-state index contributed by atoms with van der Waals surface area (Å²) >= 11 is 0. The van der Waals surface area contributed by atoms with Crippen molar-refractivity contribution >= 4 is 23.3 Å². The van der Waals surface area contributed by atoms with Crippen molar-refractivity contribution in [1.82, 2.24) is 19.6 Å². The number of rotatable bonds is 3. The Morgan fingerprint density at radius 2 is 2.19 bits per heavy atom. The van der Waals surface area contributed by atoms with E-state index in [-0.39, 0.29) is 29.2 Å². The van der Waals surface area contributed by atoms with E-state index < -0.39 is 24.2 Å². The van der Waals surface area contributed by atoms with E-state index in [1.165, 1.54) is 0 Å². The molecule has 1 aliphatic rings. The molecule has 0 aliphatic carbocycles. The number of aromatic hydroxyl groups is 1. The molecule has 0 radical (unpaired) electrons. The average molecular weight is 375 g/mol. The van der Waals surface area contributed by atoms with Crippen molar-refractivity contribution < 1.29 is 23.0 Å². The summed E-state index contributed by atoms with van der Waals surface area (Å²) < 4.78 is 44.1. The van der Waals surface area contributed by atoms with Crippen LogP contribution < -0.4 is 4.74 Å². The highest BCUT2D eigenvalue weighted by Crippen LogP contribution is 2.34. The summed E-state index contributed by atoms with van der Waals surface area (Å²) in [5.41, 5.74) is 0.212. The predicted octanol–water partition coefficient (Wildman–Crippen LogP) is 3.16. The fourth-order valence-electron chi connectivity index (χ4n) is 3.51. The number of halogens is 3. The fraction of sp³-hybridized carbons (Fsp3) is 0.375. The van der Waals surface area contributed by atoms with Crippen molar-refractivity contribution in [2.75, 3.05) is 0 Å². The van der Waals surface area contributed by atoms with Crippen LogP contribution in [0.4, 0.5) is 13.2 Å². The second-order valence-electron chi connectivity index (χ2n) is 6.49. The van der Waals surface area contributed by atoms with Crippen molar-refractivity contribution in [3.8, 4) is 17.7 Å². The normalized spacial score (nSPS) is 17.6. The lowest BCUT2D eigenvalue weighted by Gasteiger charge is -2.20. The van der Waals surface area contributed by atoms with Crippen LogP contribution in [0.3, 0.4) is 0 Å². The summed E-state index contributed by atoms with van der Waals surface area (Å²) in [7, 11) is 0. The molecule has 0 spiro atoms. The lowest BCUT2D eigenvalue weighted by atomic mass is 9.41. The Labute approximate surface area is 151 Å². The third-order valence-corrected chi connectivity index (χ3v) is 4.76. The number of nitriles is 1. The zero-order valence-corrected chi connectivity index (χ0v) is 13.9. The van der Waals surface area contributed by atoms with Crippen LogP contribution in [0.2, 0.25) is 12.6 Å². The van der Waals surface area contributed by atoms with Crippen LogP contribution in [0.25, 0.3) is 16.6 Å². The van der Waals surface area contributed by atoms with Crippen molar-refractivity contribution in [3.63, 3.8) is 0 Å². The van der Waals surface area contributed by atoms with Gasteiger partial charge in [0.05, 0.1) is 5.52 Å². The maximum absolute atomic E-state index is 14.1. The molecule has 4 rings (SSSR count). The molecular formula is C16H13BF3N5O2. The Balaban J connectivity index is 1.82. The van der Waals surface area contributed by atoms with E-state index in [0.717, 1.165) is 35.8 Å². The first kappa shape index (κ1) is 17.4. The van der Waals surface area contributed by atoms with Gasteiger partial charge < -0.3 is 9.84 Å². The monoisotopic (exact) mass is 375 g/mol. The summed E-state index contributed by atoms with van der Waals surface area (Å²) in [5, 5.41) is 23.8. The standard InChI is InChI=1S/C16H13BF3N5O2/c18-10-4-9-11(5-12(10)27-15(19)20)22-16(26)25-14(9)23-13(24-25)8-2-1-3-17(6-8)7-21/h4-5,8,15H,1-3,6H2,(H,22,26)/t8-/m1/s1. The molecule has 0 unspecified atom stereocenters. The van der Waals surface area contributed by atoms with E-state index in [2.05, 4.69) is 25.8 Å². The molecule has 11 heteroatoms. The van der Waals surface area contributed by atoms with Crippen LogP contribution in [0.5, 0.6) is 11.8 Å². The van der Waals surface area contributed by atoms with Crippen LogP contribution in [0.15, 0.2) is 12.1 Å². The van der Waals surface area contributed by atoms with E-state index >= 15 is 0 Å². The minimum atomic E-state index is -3.19. The molecule has 138 valence electrons. The predicted molar refractivity (Wildman–Crippen MR) is 89.5 cm³/mol. The number of ether oxygens (including phenoxy) is 1. The summed E-state index contributed by atoms with van der Waals surface area (Å²) in [4.78, 5) is 8.29. The zero-order chi connectivity index (χ0) is 19.1. The SMILES string of the molecule is N#CB1CCC[C@@H](c2nc3c4cc(F)c(OC(F)F)cc4nc(O)n3n2)C1. The molecule has 1 fully saturated rings. The van der Waals surface area contributed by atoms with Gasteiger partial charge in [-0.2, -0.15) is 18.3 Å². The molecule has 1 N–H and O–H groups in total. The van der Waals surface area contributed by atoms with E-state index in [1.54, 1.807) is 0 Å². The van der Waals surface area contributed by atoms with Gasteiger partial charge in [-0.25, -0.2) is 14.6 Å². The molecule has 1 aliphatic heterocycles. The molecule has 7 nitrogen and oxygen atoms in total. The van der Waals surface area contributed by atoms with Crippen LogP contribution in [0, 0.1) is 17.0 Å². The molecule has 3 aromatic rings. The van der Waals surface area contributed by atoms with Gasteiger partial charge >= 0.3 is 12.6 Å². The van der Waals surface area contributed by atoms with Gasteiger partial charge in [0, 0.05) is 23.3 Å². The highest BCUT2D eigenvalue weighted by atomic mass is 19.3. The molecule has 2 aromatic heterocycles. The van der Waals surface area contributed by atoms with Gasteiger partial charge in [0.2, 0.25) is 0 Å². The maximum atomic E-state index is 14.1. The molecule has 3 heterocycles. The van der Waals surface area contributed by atoms with Gasteiger partial charge in [-0.1, -0.05) is 12.7 Å². The Morgan fingerprint density at radius 1 is 1.37 bits per heavy atom. The van der Waals surface area contributed by atoms with Gasteiger partial charge in [-0.15, -0.1) is 5.10 Å². The van der Waals surface area contributed by atoms with Gasteiger partial charge in [0.15, 0.2) is 23.0 Å². The second kappa shape index (κ2) is 6.61. The quantitative estimate of drug-likeness (QED) is 0.707. The highest BCUT2D eigenvalue weighted by molar-refractivity contribution is 6.67. The fourth-order valence-corrected chi connectivity index (χ4v) is 3.51. The first-order chi connectivity index (χ1) is 13.0. The average Bonchev–Trinajstić information content (AvgIpc) is 3.09. The molecule has 27 heavy (non-hydrogen) atoms. The number of fused-ring (bicyclic) bond motifs is 3. The minimum Gasteiger partial charge on any atom is -0.479 e. The first-order valence-electron chi connectivity index (χ1n) is 8.39. The van der Waals surface area contributed by atoms with Crippen molar-refractivity contribution in [2.45, 2.75) is 38.0 Å². The number of benzene rings is 1. The molecule has 0 amide bonds. The topological polar surface area (TPSA) is 96.3 Å². The Kier molecular flexibility index (Phi) is 4.26. The Hall–Kier alpha value is -3.03. The molecule has 1 atom stereocenters. The van der Waals surface area contributed by atoms with E-state index in [1.807, 2.05) is 0 Å². The third-order valence-electron chi connectivity index (χ3n) is 4.76. The maximum Gasteiger partial charge on any atom is 0.387 e. The molecule has 0 saturated carbocycles. The minimum absolute atomic E-state index is 0.0505. The lowest BCUT2D eigenvalue weighted by Crippen LogP contribution is -2.20.